The van der Waals surface area contributed by atoms with E-state index in [-0.39, 0.29) is 17.7 Å². The first kappa shape index (κ1) is 16.0. The molecule has 1 unspecified atom stereocenters. The van der Waals surface area contributed by atoms with Crippen LogP contribution in [0.1, 0.15) is 25.0 Å². The number of nitrogens with zero attached hydrogens (tertiary/aromatic N) is 2. The number of nitrogens with two attached hydrogens (primary N) is 1. The van der Waals surface area contributed by atoms with Crippen LogP contribution < -0.4 is 5.73 Å². The summed E-state index contributed by atoms with van der Waals surface area (Å²) in [5.41, 5.74) is 7.71. The predicted molar refractivity (Wildman–Crippen MR) is 79.7 cm³/mol. The Morgan fingerprint density at radius 1 is 1.45 bits per heavy atom. The zero-order valence-electron chi connectivity index (χ0n) is 12.3. The third kappa shape index (κ3) is 4.26. The first-order chi connectivity index (χ1) is 9.49. The number of hydrogen-bond acceptors (Lipinski definition) is 3. The maximum absolute atomic E-state index is 12.3. The van der Waals surface area contributed by atoms with Crippen molar-refractivity contribution in [3.05, 3.63) is 35.4 Å². The number of oxime groups is 1. The number of hydrogen-bond donors (Lipinski definition) is 2. The van der Waals surface area contributed by atoms with Crippen molar-refractivity contribution in [1.29, 1.82) is 0 Å². The van der Waals surface area contributed by atoms with Gasteiger partial charge in [-0.25, -0.2) is 0 Å². The second-order valence-electron chi connectivity index (χ2n) is 4.96. The van der Waals surface area contributed by atoms with Crippen molar-refractivity contribution in [3.8, 4) is 0 Å². The number of likely N-dealkylation sites (N-methyl/N-ethyl adjacent to an activating group) is 1. The van der Waals surface area contributed by atoms with Gasteiger partial charge in [0.05, 0.1) is 6.42 Å². The number of carbonyl (C=O) groups is 1. The molecule has 0 heterocycles. The molecule has 3 N–H and O–H groups in total. The average Bonchev–Trinajstić information content (AvgIpc) is 2.45. The van der Waals surface area contributed by atoms with Gasteiger partial charge in [0, 0.05) is 19.0 Å². The Labute approximate surface area is 120 Å². The van der Waals surface area contributed by atoms with Crippen LogP contribution in [0.4, 0.5) is 0 Å². The summed E-state index contributed by atoms with van der Waals surface area (Å²) >= 11 is 0. The van der Waals surface area contributed by atoms with Crippen molar-refractivity contribution in [3.63, 3.8) is 0 Å². The summed E-state index contributed by atoms with van der Waals surface area (Å²) < 4.78 is 0. The highest BCUT2D eigenvalue weighted by Gasteiger charge is 2.18. The van der Waals surface area contributed by atoms with Crippen LogP contribution in [0.2, 0.25) is 0 Å². The molecule has 5 nitrogen and oxygen atoms in total. The highest BCUT2D eigenvalue weighted by molar-refractivity contribution is 5.83. The second kappa shape index (κ2) is 7.53. The van der Waals surface area contributed by atoms with E-state index < -0.39 is 0 Å². The minimum absolute atomic E-state index is 0.0550. The summed E-state index contributed by atoms with van der Waals surface area (Å²) in [5.74, 6) is 0.0345. The van der Waals surface area contributed by atoms with Crippen molar-refractivity contribution < 1.29 is 10.0 Å². The van der Waals surface area contributed by atoms with E-state index in [2.05, 4.69) is 5.16 Å². The molecule has 1 amide bonds. The zero-order chi connectivity index (χ0) is 15.1. The second-order valence-corrected chi connectivity index (χ2v) is 4.96. The lowest BCUT2D eigenvalue weighted by Crippen LogP contribution is -2.39. The van der Waals surface area contributed by atoms with Gasteiger partial charge >= 0.3 is 0 Å². The first-order valence-electron chi connectivity index (χ1n) is 6.79. The molecule has 0 saturated carbocycles. The van der Waals surface area contributed by atoms with Crippen molar-refractivity contribution in [1.82, 2.24) is 4.90 Å². The SMILES string of the molecule is CCN(CC(C)C(N)=NO)C(=O)Cc1ccccc1C. The summed E-state index contributed by atoms with van der Waals surface area (Å²) in [6.07, 6.45) is 0.378. The molecule has 0 spiro atoms. The predicted octanol–water partition coefficient (Wildman–Crippen LogP) is 1.77. The Bertz CT molecular complexity index is 486. The van der Waals surface area contributed by atoms with E-state index in [0.29, 0.717) is 19.5 Å². The summed E-state index contributed by atoms with van der Waals surface area (Å²) in [6, 6.07) is 7.86. The van der Waals surface area contributed by atoms with Crippen LogP contribution >= 0.6 is 0 Å². The molecule has 0 fully saturated rings. The van der Waals surface area contributed by atoms with Gasteiger partial charge in [0.2, 0.25) is 5.91 Å². The molecule has 0 radical (unpaired) electrons. The molecular formula is C15H23N3O2. The minimum atomic E-state index is -0.166. The number of amides is 1. The molecule has 0 aliphatic rings. The Balaban J connectivity index is 2.71. The van der Waals surface area contributed by atoms with Crippen molar-refractivity contribution in [2.75, 3.05) is 13.1 Å². The Morgan fingerprint density at radius 2 is 2.10 bits per heavy atom. The Kier molecular flexibility index (Phi) is 6.03. The van der Waals surface area contributed by atoms with Gasteiger partial charge in [0.1, 0.15) is 5.84 Å². The van der Waals surface area contributed by atoms with Gasteiger partial charge in [-0.05, 0) is 25.0 Å². The number of rotatable bonds is 6. The van der Waals surface area contributed by atoms with E-state index in [1.807, 2.05) is 45.0 Å². The smallest absolute Gasteiger partial charge is 0.227 e. The lowest BCUT2D eigenvalue weighted by Gasteiger charge is -2.24. The van der Waals surface area contributed by atoms with Gasteiger partial charge in [-0.1, -0.05) is 36.3 Å². The summed E-state index contributed by atoms with van der Waals surface area (Å²) in [4.78, 5) is 14.1. The minimum Gasteiger partial charge on any atom is -0.409 e. The largest absolute Gasteiger partial charge is 0.409 e. The molecule has 0 aliphatic carbocycles. The summed E-state index contributed by atoms with van der Waals surface area (Å²) in [6.45, 7) is 6.82. The normalized spacial score (nSPS) is 13.1. The lowest BCUT2D eigenvalue weighted by molar-refractivity contribution is -0.130. The molecule has 1 aromatic carbocycles. The van der Waals surface area contributed by atoms with Crippen LogP contribution in [0.5, 0.6) is 0 Å². The molecule has 110 valence electrons. The maximum atomic E-state index is 12.3. The van der Waals surface area contributed by atoms with E-state index in [4.69, 9.17) is 10.9 Å². The highest BCUT2D eigenvalue weighted by atomic mass is 16.4. The highest BCUT2D eigenvalue weighted by Crippen LogP contribution is 2.10. The van der Waals surface area contributed by atoms with Gasteiger partial charge in [-0.2, -0.15) is 0 Å². The molecule has 1 aromatic rings. The molecule has 1 atom stereocenters. The first-order valence-corrected chi connectivity index (χ1v) is 6.79. The molecule has 1 rings (SSSR count). The quantitative estimate of drug-likeness (QED) is 0.360. The van der Waals surface area contributed by atoms with Gasteiger partial charge in [-0.3, -0.25) is 4.79 Å². The summed E-state index contributed by atoms with van der Waals surface area (Å²) in [5, 5.41) is 11.7. The van der Waals surface area contributed by atoms with E-state index in [1.165, 1.54) is 0 Å². The Hall–Kier alpha value is -2.04. The molecule has 0 saturated heterocycles. The van der Waals surface area contributed by atoms with Gasteiger partial charge in [0.25, 0.3) is 0 Å². The van der Waals surface area contributed by atoms with Crippen molar-refractivity contribution in [2.24, 2.45) is 16.8 Å². The topological polar surface area (TPSA) is 78.9 Å². The Morgan fingerprint density at radius 3 is 2.65 bits per heavy atom. The van der Waals surface area contributed by atoms with Crippen LogP contribution in [0.25, 0.3) is 0 Å². The third-order valence-corrected chi connectivity index (χ3v) is 3.45. The van der Waals surface area contributed by atoms with E-state index >= 15 is 0 Å². The molecule has 5 heteroatoms. The number of carbonyl (C=O) groups excluding carboxylic acids is 1. The van der Waals surface area contributed by atoms with Crippen LogP contribution in [0, 0.1) is 12.8 Å². The third-order valence-electron chi connectivity index (χ3n) is 3.45. The van der Waals surface area contributed by atoms with Gasteiger partial charge in [-0.15, -0.1) is 0 Å². The fourth-order valence-electron chi connectivity index (χ4n) is 2.01. The average molecular weight is 277 g/mol. The van der Waals surface area contributed by atoms with Crippen LogP contribution in [-0.4, -0.2) is 34.9 Å². The van der Waals surface area contributed by atoms with E-state index in [9.17, 15) is 4.79 Å². The molecule has 20 heavy (non-hydrogen) atoms. The van der Waals surface area contributed by atoms with E-state index in [0.717, 1.165) is 11.1 Å². The number of amidine groups is 1. The van der Waals surface area contributed by atoms with E-state index in [1.54, 1.807) is 4.90 Å². The zero-order valence-corrected chi connectivity index (χ0v) is 12.3. The molecule has 0 aromatic heterocycles. The van der Waals surface area contributed by atoms with Crippen LogP contribution in [0.15, 0.2) is 29.4 Å². The molecule has 0 aliphatic heterocycles. The standard InChI is InChI=1S/C15H23N3O2/c1-4-18(10-12(3)15(16)17-20)14(19)9-13-8-6-5-7-11(13)2/h5-8,12,20H,4,9-10H2,1-3H3,(H2,16,17). The van der Waals surface area contributed by atoms with Crippen LogP contribution in [0.3, 0.4) is 0 Å². The van der Waals surface area contributed by atoms with Gasteiger partial charge in [0.15, 0.2) is 0 Å². The molecule has 0 bridgehead atoms. The van der Waals surface area contributed by atoms with Crippen molar-refractivity contribution in [2.45, 2.75) is 27.2 Å². The fourth-order valence-corrected chi connectivity index (χ4v) is 2.01. The van der Waals surface area contributed by atoms with Crippen molar-refractivity contribution >= 4 is 11.7 Å². The molecular weight excluding hydrogens is 254 g/mol. The van der Waals surface area contributed by atoms with Crippen LogP contribution in [-0.2, 0) is 11.2 Å². The maximum Gasteiger partial charge on any atom is 0.227 e. The number of benzene rings is 1. The number of aryl methyl sites for hydroxylation is 1. The fraction of sp³-hybridized carbons (Fsp3) is 0.467. The summed E-state index contributed by atoms with van der Waals surface area (Å²) in [7, 11) is 0. The van der Waals surface area contributed by atoms with Gasteiger partial charge < -0.3 is 15.8 Å². The monoisotopic (exact) mass is 277 g/mol. The lowest BCUT2D eigenvalue weighted by atomic mass is 10.0.